The van der Waals surface area contributed by atoms with Gasteiger partial charge in [0.05, 0.1) is 0 Å². The van der Waals surface area contributed by atoms with Gasteiger partial charge in [-0.2, -0.15) is 0 Å². The van der Waals surface area contributed by atoms with Gasteiger partial charge < -0.3 is 0 Å². The minimum absolute atomic E-state index is 0.459. The van der Waals surface area contributed by atoms with Crippen LogP contribution in [0.25, 0.3) is 0 Å². The molecule has 1 radical (unpaired) electrons. The normalized spacial score (nSPS) is 11.5. The van der Waals surface area contributed by atoms with E-state index in [0.29, 0.717) is 11.7 Å². The first-order valence-corrected chi connectivity index (χ1v) is 7.78. The van der Waals surface area contributed by atoms with E-state index in [1.165, 1.54) is 0 Å². The molecule has 0 unspecified atom stereocenters. The highest BCUT2D eigenvalue weighted by Crippen LogP contribution is 2.23. The summed E-state index contributed by atoms with van der Waals surface area (Å²) in [6.07, 6.45) is 0. The van der Waals surface area contributed by atoms with E-state index in [-0.39, 0.29) is 0 Å². The van der Waals surface area contributed by atoms with Crippen LogP contribution in [0.1, 0.15) is 0 Å². The Morgan fingerprint density at radius 3 is 1.88 bits per heavy atom. The molecular weight excluding hydrogens is 205 g/mol. The van der Waals surface area contributed by atoms with Crippen molar-refractivity contribution in [3.63, 3.8) is 0 Å². The van der Waals surface area contributed by atoms with Crippen molar-refractivity contribution in [2.45, 2.75) is 5.94 Å². The van der Waals surface area contributed by atoms with Gasteiger partial charge in [-0.05, 0) is 11.7 Å². The van der Waals surface area contributed by atoms with Crippen molar-refractivity contribution in [1.29, 1.82) is 0 Å². The zero-order valence-corrected chi connectivity index (χ0v) is 8.03. The second-order valence-corrected chi connectivity index (χ2v) is 10.8. The lowest BCUT2D eigenvalue weighted by atomic mass is 9.86. The van der Waals surface area contributed by atoms with Gasteiger partial charge in [0.1, 0.15) is 7.28 Å². The monoisotopic (exact) mass is 207 g/mol. The molecule has 0 N–H and O–H groups in total. The lowest BCUT2D eigenvalue weighted by Crippen LogP contribution is -2.13. The van der Waals surface area contributed by atoms with E-state index in [9.17, 15) is 0 Å². The predicted octanol–water partition coefficient (Wildman–Crippen LogP) is 2.50. The van der Waals surface area contributed by atoms with Crippen LogP contribution in [-0.4, -0.2) is 19.1 Å². The van der Waals surface area contributed by atoms with Crippen LogP contribution in [0, 0.1) is 0 Å². The molecule has 0 aromatic heterocycles. The second-order valence-electron chi connectivity index (χ2n) is 1.26. The number of halogens is 4. The SMILES string of the molecule is ClC[B]C[Si](Cl)(Cl)Cl. The molecule has 8 heavy (non-hydrogen) atoms. The molecule has 0 saturated heterocycles. The van der Waals surface area contributed by atoms with Gasteiger partial charge in [-0.1, -0.05) is 0 Å². The van der Waals surface area contributed by atoms with Gasteiger partial charge in [0.2, 0.25) is 0 Å². The van der Waals surface area contributed by atoms with Crippen molar-refractivity contribution in [2.24, 2.45) is 0 Å². The third kappa shape index (κ3) is 7.44. The number of alkyl halides is 1. The fraction of sp³-hybridized carbons (Fsp3) is 1.00. The lowest BCUT2D eigenvalue weighted by Gasteiger charge is -2.02. The highest BCUT2D eigenvalue weighted by atomic mass is 35.8. The van der Waals surface area contributed by atoms with Crippen LogP contribution in [0.3, 0.4) is 0 Å². The first kappa shape index (κ1) is 9.44. The van der Waals surface area contributed by atoms with E-state index in [4.69, 9.17) is 44.8 Å². The molecule has 0 heterocycles. The Balaban J connectivity index is 3.11. The number of hydrogen-bond acceptors (Lipinski definition) is 0. The molecule has 0 aromatic carbocycles. The first-order chi connectivity index (χ1) is 3.56. The average molecular weight is 209 g/mol. The number of rotatable bonds is 3. The summed E-state index contributed by atoms with van der Waals surface area (Å²) in [7, 11) is 1.76. The van der Waals surface area contributed by atoms with E-state index >= 15 is 0 Å². The zero-order chi connectivity index (χ0) is 6.62. The number of hydrogen-bond donors (Lipinski definition) is 0. The molecule has 0 rings (SSSR count). The van der Waals surface area contributed by atoms with E-state index in [2.05, 4.69) is 0 Å². The van der Waals surface area contributed by atoms with Crippen molar-refractivity contribution < 1.29 is 0 Å². The summed E-state index contributed by atoms with van der Waals surface area (Å²) in [5.41, 5.74) is 0. The predicted molar refractivity (Wildman–Crippen MR) is 44.6 cm³/mol. The summed E-state index contributed by atoms with van der Waals surface area (Å²) in [6.45, 7) is 0. The fourth-order valence-electron chi connectivity index (χ4n) is 0.218. The summed E-state index contributed by atoms with van der Waals surface area (Å²) >= 11 is 21.8. The molecule has 0 aliphatic rings. The van der Waals surface area contributed by atoms with Crippen LogP contribution in [0.2, 0.25) is 5.94 Å². The third-order valence-electron chi connectivity index (χ3n) is 0.485. The highest BCUT2D eigenvalue weighted by Gasteiger charge is 2.23. The molecule has 0 amide bonds. The molecule has 0 aliphatic carbocycles. The Labute approximate surface area is 69.8 Å². The average Bonchev–Trinajstić information content (AvgIpc) is 1.59. The molecule has 47 valence electrons. The zero-order valence-electron chi connectivity index (χ0n) is 4.00. The van der Waals surface area contributed by atoms with Gasteiger partial charge in [-0.25, -0.2) is 0 Å². The molecule has 0 bridgehead atoms. The maximum atomic E-state index is 5.49. The minimum Gasteiger partial charge on any atom is -0.136 e. The smallest absolute Gasteiger partial charge is 0.136 e. The summed E-state index contributed by atoms with van der Waals surface area (Å²) in [4.78, 5) is 0. The molecule has 0 nitrogen and oxygen atoms in total. The Kier molecular flexibility index (Phi) is 5.06. The van der Waals surface area contributed by atoms with Crippen molar-refractivity contribution >= 4 is 58.1 Å². The molecule has 0 spiro atoms. The maximum absolute atomic E-state index is 5.49. The lowest BCUT2D eigenvalue weighted by molar-refractivity contribution is 1.91. The van der Waals surface area contributed by atoms with E-state index in [0.717, 1.165) is 0 Å². The van der Waals surface area contributed by atoms with Gasteiger partial charge in [0.15, 0.2) is 0 Å². The molecule has 0 atom stereocenters. The maximum Gasteiger partial charge on any atom is 0.334 e. The van der Waals surface area contributed by atoms with Crippen molar-refractivity contribution in [3.8, 4) is 0 Å². The largest absolute Gasteiger partial charge is 0.334 e. The minimum atomic E-state index is -2.40. The molecule has 0 fully saturated rings. The highest BCUT2D eigenvalue weighted by molar-refractivity contribution is 7.65. The van der Waals surface area contributed by atoms with E-state index in [1.807, 2.05) is 0 Å². The fourth-order valence-corrected chi connectivity index (χ4v) is 1.96. The molecule has 0 aliphatic heterocycles. The van der Waals surface area contributed by atoms with Crippen molar-refractivity contribution in [2.75, 3.05) is 5.78 Å². The molecular formula is C2H4BCl4Si. The Bertz CT molecular complexity index is 61.5. The van der Waals surface area contributed by atoms with Gasteiger partial charge in [-0.3, -0.25) is 0 Å². The van der Waals surface area contributed by atoms with E-state index in [1.54, 1.807) is 7.28 Å². The summed E-state index contributed by atoms with van der Waals surface area (Å²) < 4.78 is 0. The molecule has 0 aromatic rings. The summed E-state index contributed by atoms with van der Waals surface area (Å²) in [6, 6.07) is -2.40. The van der Waals surface area contributed by atoms with Gasteiger partial charge in [0.25, 0.3) is 0 Å². The van der Waals surface area contributed by atoms with Crippen LogP contribution in [0.4, 0.5) is 0 Å². The van der Waals surface area contributed by atoms with E-state index < -0.39 is 6.00 Å². The van der Waals surface area contributed by atoms with Crippen LogP contribution in [0.15, 0.2) is 0 Å². The van der Waals surface area contributed by atoms with Crippen LogP contribution in [0.5, 0.6) is 0 Å². The van der Waals surface area contributed by atoms with Crippen molar-refractivity contribution in [3.05, 3.63) is 0 Å². The van der Waals surface area contributed by atoms with Gasteiger partial charge in [-0.15, -0.1) is 44.8 Å². The first-order valence-electron chi connectivity index (χ1n) is 2.00. The van der Waals surface area contributed by atoms with Gasteiger partial charge in [0, 0.05) is 0 Å². The van der Waals surface area contributed by atoms with Crippen molar-refractivity contribution in [1.82, 2.24) is 0 Å². The summed E-state index contributed by atoms with van der Waals surface area (Å²) in [5.74, 6) is 1.00. The van der Waals surface area contributed by atoms with Crippen LogP contribution in [-0.2, 0) is 0 Å². The quantitative estimate of drug-likeness (QED) is 0.380. The Morgan fingerprint density at radius 2 is 1.75 bits per heavy atom. The van der Waals surface area contributed by atoms with Crippen LogP contribution >= 0.6 is 44.8 Å². The van der Waals surface area contributed by atoms with Crippen LogP contribution < -0.4 is 0 Å². The topological polar surface area (TPSA) is 0 Å². The second kappa shape index (κ2) is 4.29. The van der Waals surface area contributed by atoms with Gasteiger partial charge >= 0.3 is 6.00 Å². The standard InChI is InChI=1S/C2H4BCl4Si/c4-1-3-2-8(5,6)7/h1-2H2. The Hall–Kier alpha value is 1.44. The Morgan fingerprint density at radius 1 is 1.25 bits per heavy atom. The molecule has 0 saturated carbocycles. The third-order valence-corrected chi connectivity index (χ3v) is 2.84. The summed E-state index contributed by atoms with van der Waals surface area (Å²) in [5, 5.41) is 0. The molecule has 6 heteroatoms.